The first-order chi connectivity index (χ1) is 15.6. The number of para-hydroxylation sites is 1. The first kappa shape index (κ1) is 20.0. The van der Waals surface area contributed by atoms with Crippen molar-refractivity contribution in [2.45, 2.75) is 13.1 Å². The molecule has 0 radical (unpaired) electrons. The van der Waals surface area contributed by atoms with Gasteiger partial charge in [0.05, 0.1) is 29.5 Å². The third-order valence-corrected chi connectivity index (χ3v) is 6.00. The van der Waals surface area contributed by atoms with Gasteiger partial charge in [0.2, 0.25) is 0 Å². The van der Waals surface area contributed by atoms with E-state index in [-0.39, 0.29) is 23.8 Å². The van der Waals surface area contributed by atoms with Crippen LogP contribution >= 0.6 is 11.3 Å². The van der Waals surface area contributed by atoms with Crippen LogP contribution in [0.1, 0.15) is 15.4 Å². The summed E-state index contributed by atoms with van der Waals surface area (Å²) in [6.07, 6.45) is 2.88. The van der Waals surface area contributed by atoms with Crippen LogP contribution in [0.5, 0.6) is 0 Å². The zero-order valence-corrected chi connectivity index (χ0v) is 17.6. The number of nitrogens with zero attached hydrogens (tertiary/aromatic N) is 5. The van der Waals surface area contributed by atoms with Gasteiger partial charge in [0.15, 0.2) is 10.7 Å². The van der Waals surface area contributed by atoms with E-state index in [2.05, 4.69) is 20.4 Å². The average Bonchev–Trinajstić information content (AvgIpc) is 3.40. The number of amides is 1. The summed E-state index contributed by atoms with van der Waals surface area (Å²) >= 11 is 1.34. The van der Waals surface area contributed by atoms with Gasteiger partial charge in [-0.2, -0.15) is 5.10 Å². The van der Waals surface area contributed by atoms with Gasteiger partial charge in [-0.1, -0.05) is 24.3 Å². The normalized spacial score (nSPS) is 11.3. The third kappa shape index (κ3) is 3.87. The molecule has 160 valence electrons. The van der Waals surface area contributed by atoms with E-state index in [9.17, 15) is 14.0 Å². The van der Waals surface area contributed by atoms with E-state index in [0.29, 0.717) is 34.7 Å². The van der Waals surface area contributed by atoms with Crippen LogP contribution < -0.4 is 10.9 Å². The predicted octanol–water partition coefficient (Wildman–Crippen LogP) is 2.82. The summed E-state index contributed by atoms with van der Waals surface area (Å²) in [6.45, 7) is 0.864. The SMILES string of the molecule is O=C(NCCn1ncc2c(=O)n(Cc3cccc(F)c3)cnc21)c1nc2ccccc2s1. The Bertz CT molecular complexity index is 1470. The van der Waals surface area contributed by atoms with Crippen molar-refractivity contribution in [1.29, 1.82) is 0 Å². The van der Waals surface area contributed by atoms with Crippen LogP contribution in [0.15, 0.2) is 65.8 Å². The van der Waals surface area contributed by atoms with E-state index in [0.717, 1.165) is 10.2 Å². The van der Waals surface area contributed by atoms with E-state index in [4.69, 9.17) is 0 Å². The molecule has 0 unspecified atom stereocenters. The molecule has 5 rings (SSSR count). The maximum Gasteiger partial charge on any atom is 0.280 e. The smallest absolute Gasteiger partial charge is 0.280 e. The number of rotatable bonds is 6. The van der Waals surface area contributed by atoms with Crippen molar-refractivity contribution in [2.75, 3.05) is 6.54 Å². The number of benzene rings is 2. The second-order valence-electron chi connectivity index (χ2n) is 7.16. The van der Waals surface area contributed by atoms with Crippen molar-refractivity contribution in [1.82, 2.24) is 29.6 Å². The van der Waals surface area contributed by atoms with Crippen molar-refractivity contribution in [2.24, 2.45) is 0 Å². The summed E-state index contributed by atoms with van der Waals surface area (Å²) in [5.41, 5.74) is 1.63. The summed E-state index contributed by atoms with van der Waals surface area (Å²) in [7, 11) is 0. The number of hydrogen-bond donors (Lipinski definition) is 1. The van der Waals surface area contributed by atoms with E-state index in [1.165, 1.54) is 40.6 Å². The molecule has 32 heavy (non-hydrogen) atoms. The first-order valence-corrected chi connectivity index (χ1v) is 10.7. The highest BCUT2D eigenvalue weighted by atomic mass is 32.1. The molecular formula is C22H17FN6O2S. The Morgan fingerprint density at radius 3 is 2.88 bits per heavy atom. The molecule has 0 atom stereocenters. The predicted molar refractivity (Wildman–Crippen MR) is 119 cm³/mol. The van der Waals surface area contributed by atoms with Gasteiger partial charge in [-0.05, 0) is 29.8 Å². The fourth-order valence-corrected chi connectivity index (χ4v) is 4.31. The van der Waals surface area contributed by atoms with Crippen LogP contribution in [-0.4, -0.2) is 36.8 Å². The van der Waals surface area contributed by atoms with Crippen molar-refractivity contribution >= 4 is 38.5 Å². The van der Waals surface area contributed by atoms with Gasteiger partial charge in [0.1, 0.15) is 17.5 Å². The number of fused-ring (bicyclic) bond motifs is 2. The topological polar surface area (TPSA) is 94.7 Å². The fraction of sp³-hybridized carbons (Fsp3) is 0.136. The van der Waals surface area contributed by atoms with E-state index >= 15 is 0 Å². The fourth-order valence-electron chi connectivity index (χ4n) is 3.43. The van der Waals surface area contributed by atoms with Gasteiger partial charge >= 0.3 is 0 Å². The minimum absolute atomic E-state index is 0.211. The van der Waals surface area contributed by atoms with Gasteiger partial charge in [0.25, 0.3) is 11.5 Å². The van der Waals surface area contributed by atoms with E-state index < -0.39 is 0 Å². The number of carbonyl (C=O) groups is 1. The number of aromatic nitrogens is 5. The highest BCUT2D eigenvalue weighted by Crippen LogP contribution is 2.21. The molecule has 0 bridgehead atoms. The second-order valence-corrected chi connectivity index (χ2v) is 8.19. The van der Waals surface area contributed by atoms with Crippen molar-refractivity contribution in [3.05, 3.63) is 87.8 Å². The minimum atomic E-state index is -0.356. The maximum atomic E-state index is 13.4. The molecule has 0 saturated carbocycles. The number of hydrogen-bond acceptors (Lipinski definition) is 6. The van der Waals surface area contributed by atoms with Gasteiger partial charge in [-0.25, -0.2) is 19.0 Å². The quantitative estimate of drug-likeness (QED) is 0.431. The highest BCUT2D eigenvalue weighted by molar-refractivity contribution is 7.20. The monoisotopic (exact) mass is 448 g/mol. The summed E-state index contributed by atoms with van der Waals surface area (Å²) in [6, 6.07) is 13.7. The first-order valence-electron chi connectivity index (χ1n) is 9.88. The third-order valence-electron chi connectivity index (χ3n) is 4.96. The summed E-state index contributed by atoms with van der Waals surface area (Å²) < 4.78 is 17.4. The van der Waals surface area contributed by atoms with Crippen LogP contribution in [0.2, 0.25) is 0 Å². The van der Waals surface area contributed by atoms with Crippen molar-refractivity contribution < 1.29 is 9.18 Å². The van der Waals surface area contributed by atoms with Crippen LogP contribution in [0.3, 0.4) is 0 Å². The molecule has 5 aromatic rings. The number of halogens is 1. The molecule has 1 N–H and O–H groups in total. The van der Waals surface area contributed by atoms with Gasteiger partial charge < -0.3 is 5.32 Å². The minimum Gasteiger partial charge on any atom is -0.348 e. The molecule has 0 aliphatic carbocycles. The lowest BCUT2D eigenvalue weighted by Crippen LogP contribution is -2.27. The second kappa shape index (κ2) is 8.31. The Kier molecular flexibility index (Phi) is 5.20. The Morgan fingerprint density at radius 1 is 1.16 bits per heavy atom. The van der Waals surface area contributed by atoms with Crippen molar-refractivity contribution in [3.8, 4) is 0 Å². The molecule has 3 aromatic heterocycles. The Balaban J connectivity index is 1.28. The molecule has 3 heterocycles. The Hall–Kier alpha value is -3.92. The van der Waals surface area contributed by atoms with E-state index in [1.807, 2.05) is 24.3 Å². The highest BCUT2D eigenvalue weighted by Gasteiger charge is 2.13. The van der Waals surface area contributed by atoms with Gasteiger partial charge in [0, 0.05) is 6.54 Å². The summed E-state index contributed by atoms with van der Waals surface area (Å²) in [5.74, 6) is -0.613. The summed E-state index contributed by atoms with van der Waals surface area (Å²) in [5, 5.41) is 7.83. The largest absolute Gasteiger partial charge is 0.348 e. The lowest BCUT2D eigenvalue weighted by molar-refractivity contribution is 0.0952. The molecule has 0 fully saturated rings. The van der Waals surface area contributed by atoms with Crippen LogP contribution in [0, 0.1) is 5.82 Å². The van der Waals surface area contributed by atoms with Crippen LogP contribution in [0.25, 0.3) is 21.3 Å². The molecule has 1 amide bonds. The lowest BCUT2D eigenvalue weighted by Gasteiger charge is -2.07. The molecule has 0 spiro atoms. The van der Waals surface area contributed by atoms with Crippen molar-refractivity contribution in [3.63, 3.8) is 0 Å². The molecule has 2 aromatic carbocycles. The standard InChI is InChI=1S/C22H17FN6O2S/c23-15-5-3-4-14(10-15)12-28-13-25-19-16(22(28)31)11-26-29(19)9-8-24-20(30)21-27-17-6-1-2-7-18(17)32-21/h1-7,10-11,13H,8-9,12H2,(H,24,30). The Morgan fingerprint density at radius 2 is 2.03 bits per heavy atom. The summed E-state index contributed by atoms with van der Waals surface area (Å²) in [4.78, 5) is 33.9. The number of thiazole rings is 1. The van der Waals surface area contributed by atoms with Crippen LogP contribution in [-0.2, 0) is 13.1 Å². The number of carbonyl (C=O) groups excluding carboxylic acids is 1. The maximum absolute atomic E-state index is 13.4. The van der Waals surface area contributed by atoms with Gasteiger partial charge in [-0.15, -0.1) is 11.3 Å². The molecule has 0 saturated heterocycles. The molecule has 0 aliphatic heterocycles. The van der Waals surface area contributed by atoms with Gasteiger partial charge in [-0.3, -0.25) is 14.2 Å². The molecule has 10 heteroatoms. The Labute approximate surface area is 185 Å². The van der Waals surface area contributed by atoms with E-state index in [1.54, 1.807) is 16.8 Å². The molecule has 8 nitrogen and oxygen atoms in total. The zero-order valence-electron chi connectivity index (χ0n) is 16.7. The molecular weight excluding hydrogens is 431 g/mol. The lowest BCUT2D eigenvalue weighted by atomic mass is 10.2. The number of nitrogens with one attached hydrogen (secondary N) is 1. The average molecular weight is 448 g/mol. The van der Waals surface area contributed by atoms with Crippen LogP contribution in [0.4, 0.5) is 4.39 Å². The zero-order chi connectivity index (χ0) is 22.1. The molecule has 0 aliphatic rings.